The van der Waals surface area contributed by atoms with Crippen molar-refractivity contribution in [2.45, 2.75) is 13.5 Å². The number of hydrogen-bond acceptors (Lipinski definition) is 7. The molecule has 0 aliphatic carbocycles. The van der Waals surface area contributed by atoms with E-state index in [1.54, 1.807) is 83.6 Å². The van der Waals surface area contributed by atoms with Gasteiger partial charge in [0.1, 0.15) is 5.75 Å². The first-order valence-electron chi connectivity index (χ1n) is 13.3. The molecule has 2 heterocycles. The summed E-state index contributed by atoms with van der Waals surface area (Å²) in [5.74, 6) is 0.305. The molecule has 0 saturated carbocycles. The van der Waals surface area contributed by atoms with E-state index >= 15 is 0 Å². The Bertz CT molecular complexity index is 1550. The molecular weight excluding hydrogens is 520 g/mol. The SMILES string of the molecule is CC(=O)N1CCN(C(=O)c2ccc(Nc3nccc(-c4ccc(C(=O)NCc5cccc(O)c5)cc4)n3)cc2)CC1. The molecule has 3 amide bonds. The van der Waals surface area contributed by atoms with Crippen molar-refractivity contribution in [1.29, 1.82) is 0 Å². The summed E-state index contributed by atoms with van der Waals surface area (Å²) in [7, 11) is 0. The van der Waals surface area contributed by atoms with Crippen LogP contribution in [0.15, 0.2) is 85.1 Å². The van der Waals surface area contributed by atoms with Crippen molar-refractivity contribution in [3.05, 3.63) is 102 Å². The molecule has 4 aromatic rings. The van der Waals surface area contributed by atoms with Gasteiger partial charge in [0.05, 0.1) is 5.69 Å². The zero-order chi connectivity index (χ0) is 28.8. The van der Waals surface area contributed by atoms with Crippen LogP contribution in [0.2, 0.25) is 0 Å². The molecule has 1 saturated heterocycles. The zero-order valence-corrected chi connectivity index (χ0v) is 22.6. The largest absolute Gasteiger partial charge is 0.508 e. The predicted molar refractivity (Wildman–Crippen MR) is 155 cm³/mol. The molecule has 1 aliphatic heterocycles. The number of amides is 3. The second kappa shape index (κ2) is 12.3. The number of rotatable bonds is 7. The van der Waals surface area contributed by atoms with Crippen molar-refractivity contribution in [1.82, 2.24) is 25.1 Å². The predicted octanol–water partition coefficient (Wildman–Crippen LogP) is 3.83. The van der Waals surface area contributed by atoms with Gasteiger partial charge in [0.2, 0.25) is 11.9 Å². The molecule has 208 valence electrons. The quantitative estimate of drug-likeness (QED) is 0.319. The van der Waals surface area contributed by atoms with Gasteiger partial charge < -0.3 is 25.5 Å². The maximum atomic E-state index is 12.9. The molecular formula is C31H30N6O4. The lowest BCUT2D eigenvalue weighted by Crippen LogP contribution is -2.50. The Morgan fingerprint density at radius 1 is 0.854 bits per heavy atom. The van der Waals surface area contributed by atoms with Gasteiger partial charge in [-0.3, -0.25) is 14.4 Å². The van der Waals surface area contributed by atoms with E-state index < -0.39 is 0 Å². The number of piperazine rings is 1. The van der Waals surface area contributed by atoms with Crippen LogP contribution in [-0.4, -0.2) is 68.8 Å². The summed E-state index contributed by atoms with van der Waals surface area (Å²) >= 11 is 0. The molecule has 1 aliphatic rings. The third-order valence-electron chi connectivity index (χ3n) is 6.86. The van der Waals surface area contributed by atoms with Crippen LogP contribution in [0.1, 0.15) is 33.2 Å². The molecule has 0 atom stereocenters. The molecule has 10 nitrogen and oxygen atoms in total. The second-order valence-corrected chi connectivity index (χ2v) is 9.70. The lowest BCUT2D eigenvalue weighted by molar-refractivity contribution is -0.130. The molecule has 3 N–H and O–H groups in total. The Morgan fingerprint density at radius 3 is 2.22 bits per heavy atom. The maximum absolute atomic E-state index is 12.9. The monoisotopic (exact) mass is 550 g/mol. The average molecular weight is 551 g/mol. The number of aromatic nitrogens is 2. The summed E-state index contributed by atoms with van der Waals surface area (Å²) in [4.78, 5) is 49.4. The van der Waals surface area contributed by atoms with Crippen LogP contribution in [0.3, 0.4) is 0 Å². The molecule has 41 heavy (non-hydrogen) atoms. The molecule has 0 unspecified atom stereocenters. The van der Waals surface area contributed by atoms with E-state index in [9.17, 15) is 19.5 Å². The molecule has 1 aromatic heterocycles. The molecule has 5 rings (SSSR count). The Labute approximate surface area is 237 Å². The van der Waals surface area contributed by atoms with Crippen molar-refractivity contribution in [3.63, 3.8) is 0 Å². The van der Waals surface area contributed by atoms with E-state index in [0.29, 0.717) is 55.5 Å². The summed E-state index contributed by atoms with van der Waals surface area (Å²) in [6, 6.07) is 22.8. The van der Waals surface area contributed by atoms with Gasteiger partial charge >= 0.3 is 0 Å². The number of carbonyl (C=O) groups excluding carboxylic acids is 3. The lowest BCUT2D eigenvalue weighted by atomic mass is 10.1. The number of phenolic OH excluding ortho intramolecular Hbond substituents is 1. The Kier molecular flexibility index (Phi) is 8.19. The van der Waals surface area contributed by atoms with E-state index in [2.05, 4.69) is 20.6 Å². The molecule has 10 heteroatoms. The highest BCUT2D eigenvalue weighted by atomic mass is 16.3. The van der Waals surface area contributed by atoms with Crippen LogP contribution in [0, 0.1) is 0 Å². The van der Waals surface area contributed by atoms with Gasteiger partial charge in [-0.15, -0.1) is 0 Å². The summed E-state index contributed by atoms with van der Waals surface area (Å²) in [6.07, 6.45) is 1.65. The molecule has 0 spiro atoms. The normalized spacial score (nSPS) is 13.0. The van der Waals surface area contributed by atoms with Crippen molar-refractivity contribution >= 4 is 29.4 Å². The van der Waals surface area contributed by atoms with Gasteiger partial charge in [0.25, 0.3) is 11.8 Å². The Balaban J connectivity index is 1.18. The second-order valence-electron chi connectivity index (χ2n) is 9.70. The smallest absolute Gasteiger partial charge is 0.253 e. The topological polar surface area (TPSA) is 128 Å². The minimum atomic E-state index is -0.217. The highest BCUT2D eigenvalue weighted by molar-refractivity contribution is 5.95. The van der Waals surface area contributed by atoms with E-state index in [1.807, 2.05) is 18.2 Å². The number of aromatic hydroxyl groups is 1. The number of nitrogens with zero attached hydrogens (tertiary/aromatic N) is 4. The Hall–Kier alpha value is -5.25. The third-order valence-corrected chi connectivity index (χ3v) is 6.86. The minimum absolute atomic E-state index is 0.0286. The first-order valence-corrected chi connectivity index (χ1v) is 13.3. The number of hydrogen-bond donors (Lipinski definition) is 3. The number of anilines is 2. The fourth-order valence-corrected chi connectivity index (χ4v) is 4.56. The average Bonchev–Trinajstić information content (AvgIpc) is 3.00. The van der Waals surface area contributed by atoms with E-state index in [0.717, 1.165) is 16.8 Å². The van der Waals surface area contributed by atoms with E-state index in [4.69, 9.17) is 0 Å². The fourth-order valence-electron chi connectivity index (χ4n) is 4.56. The third kappa shape index (κ3) is 6.85. The van der Waals surface area contributed by atoms with Crippen LogP contribution in [0.4, 0.5) is 11.6 Å². The van der Waals surface area contributed by atoms with Gasteiger partial charge in [-0.25, -0.2) is 9.97 Å². The Morgan fingerprint density at radius 2 is 1.54 bits per heavy atom. The van der Waals surface area contributed by atoms with E-state index in [1.165, 1.54) is 0 Å². The van der Waals surface area contributed by atoms with Gasteiger partial charge in [-0.1, -0.05) is 24.3 Å². The van der Waals surface area contributed by atoms with Crippen LogP contribution in [0.25, 0.3) is 11.3 Å². The molecule has 1 fully saturated rings. The molecule has 3 aromatic carbocycles. The summed E-state index contributed by atoms with van der Waals surface area (Å²) in [5.41, 5.74) is 4.14. The van der Waals surface area contributed by atoms with Crippen molar-refractivity contribution < 1.29 is 19.5 Å². The first kappa shape index (κ1) is 27.3. The number of carbonyl (C=O) groups is 3. The maximum Gasteiger partial charge on any atom is 0.253 e. The van der Waals surface area contributed by atoms with Crippen LogP contribution < -0.4 is 10.6 Å². The van der Waals surface area contributed by atoms with Gasteiger partial charge in [0.15, 0.2) is 0 Å². The highest BCUT2D eigenvalue weighted by Gasteiger charge is 2.23. The molecule has 0 radical (unpaired) electrons. The van der Waals surface area contributed by atoms with Gasteiger partial charge in [-0.05, 0) is 60.2 Å². The van der Waals surface area contributed by atoms with Crippen molar-refractivity contribution in [3.8, 4) is 17.0 Å². The first-order chi connectivity index (χ1) is 19.9. The fraction of sp³-hybridized carbons (Fsp3) is 0.194. The highest BCUT2D eigenvalue weighted by Crippen LogP contribution is 2.21. The standard InChI is InChI=1S/C31H30N6O4/c1-21(38)36-15-17-37(18-16-36)30(41)25-9-11-26(12-10-25)34-31-32-14-13-28(35-31)23-5-7-24(8-6-23)29(40)33-20-22-3-2-4-27(39)19-22/h2-14,19,39H,15-18,20H2,1H3,(H,33,40)(H,32,34,35). The van der Waals surface area contributed by atoms with Crippen LogP contribution in [0.5, 0.6) is 5.75 Å². The lowest BCUT2D eigenvalue weighted by Gasteiger charge is -2.34. The van der Waals surface area contributed by atoms with Crippen molar-refractivity contribution in [2.24, 2.45) is 0 Å². The number of benzene rings is 3. The summed E-state index contributed by atoms with van der Waals surface area (Å²) < 4.78 is 0. The molecule has 0 bridgehead atoms. The number of nitrogens with one attached hydrogen (secondary N) is 2. The zero-order valence-electron chi connectivity index (χ0n) is 22.6. The number of phenols is 1. The summed E-state index contributed by atoms with van der Waals surface area (Å²) in [5, 5.41) is 15.6. The van der Waals surface area contributed by atoms with Crippen LogP contribution >= 0.6 is 0 Å². The van der Waals surface area contributed by atoms with Gasteiger partial charge in [-0.2, -0.15) is 0 Å². The van der Waals surface area contributed by atoms with E-state index in [-0.39, 0.29) is 23.5 Å². The van der Waals surface area contributed by atoms with Gasteiger partial charge in [0, 0.05) is 68.2 Å². The van der Waals surface area contributed by atoms with Crippen molar-refractivity contribution in [2.75, 3.05) is 31.5 Å². The summed E-state index contributed by atoms with van der Waals surface area (Å²) in [6.45, 7) is 3.98. The van der Waals surface area contributed by atoms with Crippen LogP contribution in [-0.2, 0) is 11.3 Å². The minimum Gasteiger partial charge on any atom is -0.508 e.